The summed E-state index contributed by atoms with van der Waals surface area (Å²) in [5, 5.41) is 6.62. The number of piperidine rings is 1. The number of likely N-dealkylation sites (tertiary alicyclic amines) is 1. The van der Waals surface area contributed by atoms with E-state index in [4.69, 9.17) is 0 Å². The minimum atomic E-state index is -4.08. The Bertz CT molecular complexity index is 378. The molecule has 142 valence electrons. The number of hydrogen-bond acceptors (Lipinski definition) is 2. The molecule has 1 saturated carbocycles. The van der Waals surface area contributed by atoms with Gasteiger partial charge in [0.15, 0.2) is 5.96 Å². The van der Waals surface area contributed by atoms with Crippen LogP contribution < -0.4 is 10.6 Å². The van der Waals surface area contributed by atoms with Gasteiger partial charge in [-0.2, -0.15) is 13.2 Å². The van der Waals surface area contributed by atoms with Crippen LogP contribution in [0.25, 0.3) is 0 Å². The topological polar surface area (TPSA) is 39.7 Å². The van der Waals surface area contributed by atoms with Crippen LogP contribution in [0.5, 0.6) is 0 Å². The van der Waals surface area contributed by atoms with Crippen LogP contribution in [-0.2, 0) is 0 Å². The zero-order valence-corrected chi connectivity index (χ0v) is 16.7. The standard InChI is InChI=1S/C16H29F3N4.HI/c1-20-15(21-8-4-13-2-3-13)22-9-5-14-6-10-23(11-7-14)12-16(17,18)19;/h13-14H,2-12H2,1H3,(H2,20,21,22);1H. The monoisotopic (exact) mass is 462 g/mol. The van der Waals surface area contributed by atoms with Crippen molar-refractivity contribution < 1.29 is 13.2 Å². The van der Waals surface area contributed by atoms with Gasteiger partial charge in [0.2, 0.25) is 0 Å². The molecule has 0 aromatic rings. The van der Waals surface area contributed by atoms with Crippen LogP contribution in [0.1, 0.15) is 38.5 Å². The summed E-state index contributed by atoms with van der Waals surface area (Å²) >= 11 is 0. The van der Waals surface area contributed by atoms with Crippen LogP contribution in [0.4, 0.5) is 13.2 Å². The van der Waals surface area contributed by atoms with Crippen molar-refractivity contribution in [2.24, 2.45) is 16.8 Å². The number of rotatable bonds is 7. The summed E-state index contributed by atoms with van der Waals surface area (Å²) in [6.07, 6.45) is 2.55. The molecular formula is C16H30F3IN4. The molecule has 1 heterocycles. The van der Waals surface area contributed by atoms with Gasteiger partial charge in [0.1, 0.15) is 0 Å². The fourth-order valence-corrected chi connectivity index (χ4v) is 3.10. The Morgan fingerprint density at radius 3 is 1.92 bits per heavy atom. The van der Waals surface area contributed by atoms with Crippen molar-refractivity contribution in [1.82, 2.24) is 15.5 Å². The van der Waals surface area contributed by atoms with E-state index in [1.165, 1.54) is 24.2 Å². The van der Waals surface area contributed by atoms with Crippen LogP contribution in [0, 0.1) is 11.8 Å². The second kappa shape index (κ2) is 10.7. The first kappa shape index (κ1) is 21.8. The van der Waals surface area contributed by atoms with E-state index in [1.54, 1.807) is 7.05 Å². The van der Waals surface area contributed by atoms with Crippen LogP contribution in [-0.4, -0.2) is 56.8 Å². The number of guanidine groups is 1. The lowest BCUT2D eigenvalue weighted by atomic mass is 9.93. The number of nitrogens with one attached hydrogen (secondary N) is 2. The van der Waals surface area contributed by atoms with Crippen LogP contribution >= 0.6 is 24.0 Å². The molecule has 2 fully saturated rings. The average molecular weight is 462 g/mol. The normalized spacial score (nSPS) is 20.6. The molecular weight excluding hydrogens is 432 g/mol. The van der Waals surface area contributed by atoms with Crippen molar-refractivity contribution in [2.45, 2.75) is 44.7 Å². The summed E-state index contributed by atoms with van der Waals surface area (Å²) in [7, 11) is 1.77. The molecule has 2 N–H and O–H groups in total. The van der Waals surface area contributed by atoms with E-state index in [-0.39, 0.29) is 24.0 Å². The van der Waals surface area contributed by atoms with Crippen molar-refractivity contribution in [3.8, 4) is 0 Å². The molecule has 0 atom stereocenters. The molecule has 8 heteroatoms. The molecule has 2 rings (SSSR count). The van der Waals surface area contributed by atoms with Crippen LogP contribution in [0.15, 0.2) is 4.99 Å². The Labute approximate surface area is 160 Å². The Hall–Kier alpha value is -0.250. The molecule has 0 amide bonds. The number of hydrogen-bond donors (Lipinski definition) is 2. The maximum atomic E-state index is 12.4. The first-order valence-corrected chi connectivity index (χ1v) is 8.70. The summed E-state index contributed by atoms with van der Waals surface area (Å²) in [4.78, 5) is 5.72. The fourth-order valence-electron chi connectivity index (χ4n) is 3.10. The van der Waals surface area contributed by atoms with Gasteiger partial charge in [0, 0.05) is 20.1 Å². The molecule has 0 radical (unpaired) electrons. The second-order valence-electron chi connectivity index (χ2n) is 6.78. The molecule has 2 aliphatic rings. The Morgan fingerprint density at radius 2 is 1.50 bits per heavy atom. The van der Waals surface area contributed by atoms with E-state index >= 15 is 0 Å². The highest BCUT2D eigenvalue weighted by Gasteiger charge is 2.32. The molecule has 4 nitrogen and oxygen atoms in total. The third-order valence-electron chi connectivity index (χ3n) is 4.72. The Balaban J connectivity index is 0.00000288. The lowest BCUT2D eigenvalue weighted by Gasteiger charge is -2.32. The van der Waals surface area contributed by atoms with E-state index in [0.29, 0.717) is 19.0 Å². The highest BCUT2D eigenvalue weighted by Crippen LogP contribution is 2.31. The molecule has 0 aromatic carbocycles. The maximum absolute atomic E-state index is 12.4. The van der Waals surface area contributed by atoms with Gasteiger partial charge in [-0.05, 0) is 50.6 Å². The summed E-state index contributed by atoms with van der Waals surface area (Å²) in [6.45, 7) is 2.12. The highest BCUT2D eigenvalue weighted by atomic mass is 127. The van der Waals surface area contributed by atoms with E-state index < -0.39 is 12.7 Å². The predicted molar refractivity (Wildman–Crippen MR) is 102 cm³/mol. The van der Waals surface area contributed by atoms with Gasteiger partial charge in [-0.15, -0.1) is 24.0 Å². The third-order valence-corrected chi connectivity index (χ3v) is 4.72. The predicted octanol–water partition coefficient (Wildman–Crippen LogP) is 3.23. The van der Waals surface area contributed by atoms with Crippen molar-refractivity contribution in [1.29, 1.82) is 0 Å². The first-order chi connectivity index (χ1) is 11.0. The minimum Gasteiger partial charge on any atom is -0.356 e. The average Bonchev–Trinajstić information content (AvgIpc) is 3.30. The molecule has 0 spiro atoms. The van der Waals surface area contributed by atoms with Gasteiger partial charge >= 0.3 is 6.18 Å². The summed E-state index contributed by atoms with van der Waals surface area (Å²) in [6, 6.07) is 0. The molecule has 1 saturated heterocycles. The van der Waals surface area contributed by atoms with Crippen molar-refractivity contribution in [2.75, 3.05) is 39.8 Å². The number of alkyl halides is 3. The molecule has 1 aliphatic carbocycles. The number of nitrogens with zero attached hydrogens (tertiary/aromatic N) is 2. The molecule has 0 aromatic heterocycles. The largest absolute Gasteiger partial charge is 0.401 e. The zero-order valence-electron chi connectivity index (χ0n) is 14.4. The van der Waals surface area contributed by atoms with Gasteiger partial charge in [-0.1, -0.05) is 12.8 Å². The quantitative estimate of drug-likeness (QED) is 0.347. The number of halogens is 4. The number of aliphatic imine (C=N–C) groups is 1. The Kier molecular flexibility index (Phi) is 9.69. The Morgan fingerprint density at radius 1 is 1.00 bits per heavy atom. The molecule has 24 heavy (non-hydrogen) atoms. The summed E-state index contributed by atoms with van der Waals surface area (Å²) in [5.74, 6) is 2.25. The molecule has 0 bridgehead atoms. The summed E-state index contributed by atoms with van der Waals surface area (Å²) in [5.41, 5.74) is 0. The van der Waals surface area contributed by atoms with Gasteiger partial charge in [-0.3, -0.25) is 9.89 Å². The SMILES string of the molecule is CN=C(NCCC1CC1)NCCC1CCN(CC(F)(F)F)CC1.I. The maximum Gasteiger partial charge on any atom is 0.401 e. The lowest BCUT2D eigenvalue weighted by molar-refractivity contribution is -0.148. The second-order valence-corrected chi connectivity index (χ2v) is 6.78. The van der Waals surface area contributed by atoms with Crippen molar-refractivity contribution >= 4 is 29.9 Å². The van der Waals surface area contributed by atoms with Gasteiger partial charge in [0.25, 0.3) is 0 Å². The van der Waals surface area contributed by atoms with Gasteiger partial charge in [0.05, 0.1) is 6.54 Å². The van der Waals surface area contributed by atoms with E-state index in [1.807, 2.05) is 0 Å². The lowest BCUT2D eigenvalue weighted by Crippen LogP contribution is -2.41. The minimum absolute atomic E-state index is 0. The summed E-state index contributed by atoms with van der Waals surface area (Å²) < 4.78 is 37.1. The highest BCUT2D eigenvalue weighted by molar-refractivity contribution is 14.0. The van der Waals surface area contributed by atoms with Crippen LogP contribution in [0.2, 0.25) is 0 Å². The molecule has 0 unspecified atom stereocenters. The fraction of sp³-hybridized carbons (Fsp3) is 0.938. The van der Waals surface area contributed by atoms with E-state index in [2.05, 4.69) is 15.6 Å². The first-order valence-electron chi connectivity index (χ1n) is 8.70. The zero-order chi connectivity index (χ0) is 16.7. The van der Waals surface area contributed by atoms with Crippen molar-refractivity contribution in [3.05, 3.63) is 0 Å². The van der Waals surface area contributed by atoms with E-state index in [0.717, 1.165) is 44.2 Å². The third kappa shape index (κ3) is 9.29. The van der Waals surface area contributed by atoms with E-state index in [9.17, 15) is 13.2 Å². The van der Waals surface area contributed by atoms with Gasteiger partial charge < -0.3 is 10.6 Å². The smallest absolute Gasteiger partial charge is 0.356 e. The molecule has 1 aliphatic heterocycles. The van der Waals surface area contributed by atoms with Crippen molar-refractivity contribution in [3.63, 3.8) is 0 Å². The van der Waals surface area contributed by atoms with Crippen LogP contribution in [0.3, 0.4) is 0 Å². The van der Waals surface area contributed by atoms with Gasteiger partial charge in [-0.25, -0.2) is 0 Å².